The molecule has 0 aromatic carbocycles. The van der Waals surface area contributed by atoms with Crippen molar-refractivity contribution in [3.05, 3.63) is 30.1 Å². The normalized spacial score (nSPS) is 23.4. The maximum Gasteiger partial charge on any atom is 0.303 e. The van der Waals surface area contributed by atoms with E-state index in [0.717, 1.165) is 5.69 Å². The molecular weight excluding hydrogens is 232 g/mol. The van der Waals surface area contributed by atoms with Crippen LogP contribution in [0.4, 0.5) is 0 Å². The van der Waals surface area contributed by atoms with Gasteiger partial charge in [-0.2, -0.15) is 0 Å². The molecule has 2 rings (SSSR count). The average Bonchev–Trinajstić information content (AvgIpc) is 2.39. The molecule has 1 aromatic rings. The van der Waals surface area contributed by atoms with Crippen LogP contribution >= 0.6 is 0 Å². The van der Waals surface area contributed by atoms with Gasteiger partial charge in [0.15, 0.2) is 0 Å². The Morgan fingerprint density at radius 1 is 1.50 bits per heavy atom. The van der Waals surface area contributed by atoms with E-state index in [-0.39, 0.29) is 17.7 Å². The van der Waals surface area contributed by atoms with E-state index >= 15 is 0 Å². The number of carboxylic acid groups (broad SMARTS) is 1. The van der Waals surface area contributed by atoms with Gasteiger partial charge in [-0.15, -0.1) is 0 Å². The number of rotatable bonds is 4. The average molecular weight is 248 g/mol. The number of amides is 1. The van der Waals surface area contributed by atoms with Crippen LogP contribution in [-0.2, 0) is 15.0 Å². The minimum Gasteiger partial charge on any atom is -0.481 e. The van der Waals surface area contributed by atoms with E-state index in [4.69, 9.17) is 5.11 Å². The molecule has 1 aliphatic heterocycles. The minimum atomic E-state index is -0.817. The number of carboxylic acids is 1. The Morgan fingerprint density at radius 3 is 2.89 bits per heavy atom. The van der Waals surface area contributed by atoms with E-state index in [0.29, 0.717) is 25.8 Å². The molecule has 1 unspecified atom stereocenters. The van der Waals surface area contributed by atoms with Crippen molar-refractivity contribution in [1.29, 1.82) is 0 Å². The summed E-state index contributed by atoms with van der Waals surface area (Å²) in [5.41, 5.74) is 0.527. The maximum absolute atomic E-state index is 11.3. The summed E-state index contributed by atoms with van der Waals surface area (Å²) in [5.74, 6) is -0.793. The summed E-state index contributed by atoms with van der Waals surface area (Å²) in [5, 5.41) is 11.7. The Balaban J connectivity index is 2.22. The first kappa shape index (κ1) is 12.5. The topological polar surface area (TPSA) is 79.3 Å². The zero-order chi connectivity index (χ0) is 13.0. The van der Waals surface area contributed by atoms with Gasteiger partial charge >= 0.3 is 5.97 Å². The Kier molecular flexibility index (Phi) is 3.60. The fourth-order valence-electron chi connectivity index (χ4n) is 2.38. The highest BCUT2D eigenvalue weighted by molar-refractivity contribution is 5.77. The molecule has 0 spiro atoms. The highest BCUT2D eigenvalue weighted by Gasteiger charge is 2.37. The van der Waals surface area contributed by atoms with Gasteiger partial charge < -0.3 is 10.4 Å². The summed E-state index contributed by atoms with van der Waals surface area (Å²) in [7, 11) is 0. The van der Waals surface area contributed by atoms with Gasteiger partial charge in [-0.1, -0.05) is 6.07 Å². The number of nitrogens with one attached hydrogen (secondary N) is 1. The monoisotopic (exact) mass is 248 g/mol. The first-order chi connectivity index (χ1) is 8.62. The van der Waals surface area contributed by atoms with Crippen molar-refractivity contribution in [2.75, 3.05) is 6.54 Å². The molecule has 0 radical (unpaired) electrons. The van der Waals surface area contributed by atoms with E-state index in [2.05, 4.69) is 10.3 Å². The number of hydrogen-bond acceptors (Lipinski definition) is 3. The second-order valence-electron chi connectivity index (χ2n) is 4.67. The fraction of sp³-hybridized carbons (Fsp3) is 0.462. The van der Waals surface area contributed by atoms with Crippen LogP contribution < -0.4 is 5.32 Å². The van der Waals surface area contributed by atoms with Crippen LogP contribution in [0.2, 0.25) is 0 Å². The third-order valence-electron chi connectivity index (χ3n) is 3.48. The molecule has 5 nitrogen and oxygen atoms in total. The van der Waals surface area contributed by atoms with Gasteiger partial charge in [0.25, 0.3) is 0 Å². The predicted octanol–water partition coefficient (Wildman–Crippen LogP) is 1.09. The molecule has 1 saturated heterocycles. The Labute approximate surface area is 105 Å². The Morgan fingerprint density at radius 2 is 2.33 bits per heavy atom. The summed E-state index contributed by atoms with van der Waals surface area (Å²) < 4.78 is 0. The number of aliphatic carboxylic acids is 1. The number of carbonyl (C=O) groups excluding carboxylic acids is 1. The third-order valence-corrected chi connectivity index (χ3v) is 3.48. The smallest absolute Gasteiger partial charge is 0.303 e. The lowest BCUT2D eigenvalue weighted by Crippen LogP contribution is -2.46. The number of piperidine rings is 1. The van der Waals surface area contributed by atoms with Gasteiger partial charge in [-0.25, -0.2) is 0 Å². The molecule has 18 heavy (non-hydrogen) atoms. The number of hydrogen-bond donors (Lipinski definition) is 2. The number of carbonyl (C=O) groups is 2. The first-order valence-electron chi connectivity index (χ1n) is 6.02. The van der Waals surface area contributed by atoms with Crippen LogP contribution in [0.15, 0.2) is 24.4 Å². The molecule has 2 heterocycles. The molecule has 5 heteroatoms. The third kappa shape index (κ3) is 2.67. The quantitative estimate of drug-likeness (QED) is 0.836. The largest absolute Gasteiger partial charge is 0.481 e. The zero-order valence-corrected chi connectivity index (χ0v) is 10.1. The van der Waals surface area contributed by atoms with E-state index in [9.17, 15) is 9.59 Å². The maximum atomic E-state index is 11.3. The highest BCUT2D eigenvalue weighted by atomic mass is 16.4. The molecule has 1 atom stereocenters. The second-order valence-corrected chi connectivity index (χ2v) is 4.67. The molecular formula is C13H16N2O3. The van der Waals surface area contributed by atoms with Crippen LogP contribution in [0.5, 0.6) is 0 Å². The van der Waals surface area contributed by atoms with Crippen LogP contribution in [0.25, 0.3) is 0 Å². The summed E-state index contributed by atoms with van der Waals surface area (Å²) >= 11 is 0. The van der Waals surface area contributed by atoms with Crippen molar-refractivity contribution < 1.29 is 14.7 Å². The van der Waals surface area contributed by atoms with E-state index in [1.54, 1.807) is 6.20 Å². The van der Waals surface area contributed by atoms with E-state index in [1.807, 2.05) is 18.2 Å². The van der Waals surface area contributed by atoms with Crippen LogP contribution in [0, 0.1) is 0 Å². The van der Waals surface area contributed by atoms with Gasteiger partial charge in [0.05, 0.1) is 0 Å². The number of aromatic nitrogens is 1. The first-order valence-corrected chi connectivity index (χ1v) is 6.02. The molecule has 1 amide bonds. The molecule has 0 bridgehead atoms. The predicted molar refractivity (Wildman–Crippen MR) is 65.0 cm³/mol. The van der Waals surface area contributed by atoms with Crippen LogP contribution in [0.1, 0.15) is 31.4 Å². The van der Waals surface area contributed by atoms with Crippen molar-refractivity contribution in [2.45, 2.75) is 31.1 Å². The van der Waals surface area contributed by atoms with Crippen molar-refractivity contribution in [2.24, 2.45) is 0 Å². The lowest BCUT2D eigenvalue weighted by atomic mass is 9.74. The molecule has 1 fully saturated rings. The van der Waals surface area contributed by atoms with Crippen LogP contribution in [-0.4, -0.2) is 28.5 Å². The van der Waals surface area contributed by atoms with Gasteiger partial charge in [-0.05, 0) is 25.0 Å². The van der Waals surface area contributed by atoms with Crippen molar-refractivity contribution in [1.82, 2.24) is 10.3 Å². The molecule has 2 N–H and O–H groups in total. The SMILES string of the molecule is O=C(O)CCC1(c2ccccn2)CCC(=O)NC1. The Bertz CT molecular complexity index is 435. The second kappa shape index (κ2) is 5.16. The lowest BCUT2D eigenvalue weighted by molar-refractivity contribution is -0.137. The minimum absolute atomic E-state index is 0.0249. The number of pyridine rings is 1. The lowest BCUT2D eigenvalue weighted by Gasteiger charge is -2.36. The zero-order valence-electron chi connectivity index (χ0n) is 10.1. The van der Waals surface area contributed by atoms with Gasteiger partial charge in [0.2, 0.25) is 5.91 Å². The molecule has 1 aromatic heterocycles. The van der Waals surface area contributed by atoms with Crippen molar-refractivity contribution in [3.8, 4) is 0 Å². The summed E-state index contributed by atoms with van der Waals surface area (Å²) in [6.07, 6.45) is 3.37. The molecule has 96 valence electrons. The van der Waals surface area contributed by atoms with Crippen LogP contribution in [0.3, 0.4) is 0 Å². The number of nitrogens with zero attached hydrogens (tertiary/aromatic N) is 1. The van der Waals surface area contributed by atoms with E-state index in [1.165, 1.54) is 0 Å². The summed E-state index contributed by atoms with van der Waals surface area (Å²) in [6.45, 7) is 0.468. The van der Waals surface area contributed by atoms with Gasteiger partial charge in [-0.3, -0.25) is 14.6 Å². The highest BCUT2D eigenvalue weighted by Crippen LogP contribution is 2.34. The summed E-state index contributed by atoms with van der Waals surface area (Å²) in [6, 6.07) is 5.62. The Hall–Kier alpha value is -1.91. The fourth-order valence-corrected chi connectivity index (χ4v) is 2.38. The molecule has 1 aliphatic rings. The summed E-state index contributed by atoms with van der Waals surface area (Å²) in [4.78, 5) is 26.4. The standard InChI is InChI=1S/C13H16N2O3/c16-11-4-6-13(9-15-11,7-5-12(17)18)10-3-1-2-8-14-10/h1-3,8H,4-7,9H2,(H,15,16)(H,17,18). The molecule has 0 saturated carbocycles. The van der Waals surface area contributed by atoms with Crippen molar-refractivity contribution in [3.63, 3.8) is 0 Å². The van der Waals surface area contributed by atoms with Gasteiger partial charge in [0, 0.05) is 36.7 Å². The van der Waals surface area contributed by atoms with Crippen molar-refractivity contribution >= 4 is 11.9 Å². The van der Waals surface area contributed by atoms with Gasteiger partial charge in [0.1, 0.15) is 0 Å². The molecule has 0 aliphatic carbocycles. The van der Waals surface area contributed by atoms with E-state index < -0.39 is 5.97 Å².